The summed E-state index contributed by atoms with van der Waals surface area (Å²) in [5, 5.41) is 3.94. The number of hydrogen-bond donors (Lipinski definition) is 0. The molecule has 0 fully saturated rings. The van der Waals surface area contributed by atoms with E-state index in [-0.39, 0.29) is 0 Å². The Hall–Kier alpha value is -0.140. The van der Waals surface area contributed by atoms with Crippen LogP contribution in [0.4, 0.5) is 0 Å². The minimum Gasteiger partial charge on any atom is -0.323 e. The fourth-order valence-electron chi connectivity index (χ4n) is 2.71. The van der Waals surface area contributed by atoms with Gasteiger partial charge in [0.2, 0.25) is 0 Å². The normalized spacial score (nSPS) is 12.6. The predicted molar refractivity (Wildman–Crippen MR) is 108 cm³/mol. The maximum absolute atomic E-state index is 13.9. The van der Waals surface area contributed by atoms with Crippen LogP contribution in [0.15, 0.2) is 35.0 Å². The van der Waals surface area contributed by atoms with E-state index in [9.17, 15) is 9.13 Å². The Morgan fingerprint density at radius 3 is 1.70 bits per heavy atom. The Morgan fingerprint density at radius 2 is 1.35 bits per heavy atom. The molecule has 128 valence electrons. The molecule has 0 spiro atoms. The van der Waals surface area contributed by atoms with E-state index in [2.05, 4.69) is 13.8 Å². The highest BCUT2D eigenvalue weighted by molar-refractivity contribution is 7.94. The summed E-state index contributed by atoms with van der Waals surface area (Å²) in [6.45, 7) is 4.25. The van der Waals surface area contributed by atoms with Crippen molar-refractivity contribution in [2.75, 3.05) is 18.2 Å². The first-order valence-corrected chi connectivity index (χ1v) is 14.2. The Balaban J connectivity index is 2.35. The first kappa shape index (κ1) is 19.2. The van der Waals surface area contributed by atoms with Crippen molar-refractivity contribution in [3.8, 4) is 0 Å². The van der Waals surface area contributed by atoms with Crippen LogP contribution in [0, 0.1) is 0 Å². The summed E-state index contributed by atoms with van der Waals surface area (Å²) in [4.78, 5) is 0. The SMILES string of the molecule is CCCCP(=O)(CCCC)CP(=O)(c1cccs1)c1cccs1. The molecule has 0 aromatic carbocycles. The first-order valence-electron chi connectivity index (χ1n) is 8.28. The van der Waals surface area contributed by atoms with Gasteiger partial charge in [0, 0.05) is 12.3 Å². The molecule has 2 aromatic rings. The smallest absolute Gasteiger partial charge is 0.169 e. The molecule has 0 unspecified atom stereocenters. The Labute approximate surface area is 148 Å². The van der Waals surface area contributed by atoms with Gasteiger partial charge in [-0.3, -0.25) is 0 Å². The monoisotopic (exact) mass is 388 g/mol. The quantitative estimate of drug-likeness (QED) is 0.465. The fraction of sp³-hybridized carbons (Fsp3) is 0.529. The van der Waals surface area contributed by atoms with E-state index in [1.54, 1.807) is 0 Å². The van der Waals surface area contributed by atoms with Gasteiger partial charge in [-0.1, -0.05) is 38.8 Å². The van der Waals surface area contributed by atoms with E-state index in [1.807, 2.05) is 35.0 Å². The minimum absolute atomic E-state index is 0.376. The van der Waals surface area contributed by atoms with Crippen molar-refractivity contribution in [3.63, 3.8) is 0 Å². The molecule has 0 radical (unpaired) electrons. The first-order chi connectivity index (χ1) is 11.0. The molecule has 2 heterocycles. The zero-order chi connectivity index (χ0) is 16.8. The van der Waals surface area contributed by atoms with Crippen molar-refractivity contribution >= 4 is 46.2 Å². The molecular weight excluding hydrogens is 362 g/mol. The topological polar surface area (TPSA) is 34.1 Å². The maximum atomic E-state index is 13.9. The molecule has 6 heteroatoms. The lowest BCUT2D eigenvalue weighted by Gasteiger charge is -2.24. The predicted octanol–water partition coefficient (Wildman–Crippen LogP) is 6.04. The van der Waals surface area contributed by atoms with Crippen LogP contribution in [0.5, 0.6) is 0 Å². The van der Waals surface area contributed by atoms with E-state index in [4.69, 9.17) is 0 Å². The van der Waals surface area contributed by atoms with Crippen LogP contribution in [-0.2, 0) is 9.13 Å². The van der Waals surface area contributed by atoms with E-state index >= 15 is 0 Å². The second kappa shape index (κ2) is 8.81. The van der Waals surface area contributed by atoms with E-state index in [1.165, 1.54) is 22.7 Å². The number of hydrogen-bond acceptors (Lipinski definition) is 4. The van der Waals surface area contributed by atoms with Gasteiger partial charge < -0.3 is 9.13 Å². The Kier molecular flexibility index (Phi) is 7.35. The van der Waals surface area contributed by atoms with E-state index < -0.39 is 14.3 Å². The molecule has 2 nitrogen and oxygen atoms in total. The van der Waals surface area contributed by atoms with Gasteiger partial charge in [0.25, 0.3) is 0 Å². The summed E-state index contributed by atoms with van der Waals surface area (Å²) in [7, 11) is -5.16. The summed E-state index contributed by atoms with van der Waals surface area (Å²) in [5.74, 6) is 0.376. The average molecular weight is 388 g/mol. The van der Waals surface area contributed by atoms with Crippen LogP contribution in [0.25, 0.3) is 0 Å². The fourth-order valence-corrected chi connectivity index (χ4v) is 15.2. The van der Waals surface area contributed by atoms with Gasteiger partial charge in [-0.25, -0.2) is 0 Å². The third-order valence-electron chi connectivity index (χ3n) is 4.02. The molecule has 0 aliphatic heterocycles. The molecule has 0 N–H and O–H groups in total. The number of rotatable bonds is 10. The van der Waals surface area contributed by atoms with Crippen molar-refractivity contribution in [2.24, 2.45) is 0 Å². The van der Waals surface area contributed by atoms with Gasteiger partial charge in [-0.15, -0.1) is 22.7 Å². The highest BCUT2D eigenvalue weighted by Gasteiger charge is 2.37. The molecule has 0 aliphatic rings. The summed E-state index contributed by atoms with van der Waals surface area (Å²) < 4.78 is 29.3. The van der Waals surface area contributed by atoms with Crippen molar-refractivity contribution in [2.45, 2.75) is 39.5 Å². The van der Waals surface area contributed by atoms with Gasteiger partial charge in [-0.2, -0.15) is 0 Å². The minimum atomic E-state index is -2.76. The summed E-state index contributed by atoms with van der Waals surface area (Å²) >= 11 is 3.08. The van der Waals surface area contributed by atoms with Gasteiger partial charge in [0.15, 0.2) is 7.14 Å². The third-order valence-corrected chi connectivity index (χ3v) is 15.4. The van der Waals surface area contributed by atoms with Crippen LogP contribution in [0.1, 0.15) is 39.5 Å². The molecule has 0 saturated carbocycles. The molecule has 0 saturated heterocycles. The van der Waals surface area contributed by atoms with Crippen molar-refractivity contribution in [1.82, 2.24) is 0 Å². The molecule has 0 bridgehead atoms. The van der Waals surface area contributed by atoms with Crippen molar-refractivity contribution < 1.29 is 9.13 Å². The van der Waals surface area contributed by atoms with Crippen molar-refractivity contribution in [3.05, 3.63) is 35.0 Å². The summed E-state index contributed by atoms with van der Waals surface area (Å²) in [6, 6.07) is 7.80. The molecule has 2 rings (SSSR count). The zero-order valence-corrected chi connectivity index (χ0v) is 17.4. The highest BCUT2D eigenvalue weighted by Crippen LogP contribution is 2.62. The van der Waals surface area contributed by atoms with Crippen LogP contribution in [0.2, 0.25) is 0 Å². The standard InChI is InChI=1S/C17H26O2P2S2/c1-3-5-11-20(18,12-6-4-2)15-21(19,16-9-7-13-22-16)17-10-8-14-23-17/h7-10,13-14H,3-6,11-12,15H2,1-2H3. The number of unbranched alkanes of at least 4 members (excludes halogenated alkanes) is 2. The Morgan fingerprint density at radius 1 is 0.870 bits per heavy atom. The lowest BCUT2D eigenvalue weighted by atomic mass is 10.4. The van der Waals surface area contributed by atoms with Gasteiger partial charge >= 0.3 is 0 Å². The lowest BCUT2D eigenvalue weighted by molar-refractivity contribution is 0.569. The van der Waals surface area contributed by atoms with Crippen LogP contribution in [0.3, 0.4) is 0 Å². The summed E-state index contributed by atoms with van der Waals surface area (Å²) in [5.41, 5.74) is 0. The molecule has 23 heavy (non-hydrogen) atoms. The maximum Gasteiger partial charge on any atom is 0.169 e. The number of thiophene rings is 2. The van der Waals surface area contributed by atoms with Crippen LogP contribution in [-0.4, -0.2) is 18.2 Å². The third kappa shape index (κ3) is 4.92. The molecular formula is C17H26O2P2S2. The van der Waals surface area contributed by atoms with E-state index in [0.717, 1.165) is 47.2 Å². The van der Waals surface area contributed by atoms with E-state index in [0.29, 0.717) is 5.90 Å². The second-order valence-electron chi connectivity index (χ2n) is 6.00. The largest absolute Gasteiger partial charge is 0.323 e. The summed E-state index contributed by atoms with van der Waals surface area (Å²) in [6.07, 6.45) is 5.50. The lowest BCUT2D eigenvalue weighted by Crippen LogP contribution is -2.15. The molecule has 0 aliphatic carbocycles. The molecule has 0 amide bonds. The average Bonchev–Trinajstić information content (AvgIpc) is 3.24. The molecule has 0 atom stereocenters. The zero-order valence-electron chi connectivity index (χ0n) is 13.9. The Bertz CT molecular complexity index is 613. The van der Waals surface area contributed by atoms with Crippen molar-refractivity contribution in [1.29, 1.82) is 0 Å². The highest BCUT2D eigenvalue weighted by atomic mass is 32.1. The van der Waals surface area contributed by atoms with Crippen LogP contribution >= 0.6 is 37.0 Å². The van der Waals surface area contributed by atoms with Crippen LogP contribution < -0.4 is 9.24 Å². The van der Waals surface area contributed by atoms with Gasteiger partial charge in [0.1, 0.15) is 0 Å². The van der Waals surface area contributed by atoms with Gasteiger partial charge in [-0.05, 0) is 35.7 Å². The second-order valence-corrected chi connectivity index (χ2v) is 15.1. The molecule has 2 aromatic heterocycles. The van der Waals surface area contributed by atoms with Gasteiger partial charge in [0.05, 0.1) is 22.3 Å².